The average Bonchev–Trinajstić information content (AvgIpc) is 2.69. The fourth-order valence-electron chi connectivity index (χ4n) is 3.90. The molecule has 146 valence electrons. The van der Waals surface area contributed by atoms with Crippen molar-refractivity contribution in [3.63, 3.8) is 0 Å². The molecular weight excluding hydrogens is 343 g/mol. The van der Waals surface area contributed by atoms with Crippen molar-refractivity contribution in [3.05, 3.63) is 52.9 Å². The maximum Gasteiger partial charge on any atom is 0.346 e. The van der Waals surface area contributed by atoms with E-state index < -0.39 is 11.4 Å². The molecule has 27 heavy (non-hydrogen) atoms. The van der Waals surface area contributed by atoms with Crippen molar-refractivity contribution in [1.82, 2.24) is 0 Å². The summed E-state index contributed by atoms with van der Waals surface area (Å²) in [4.78, 5) is 12.5. The summed E-state index contributed by atoms with van der Waals surface area (Å²) in [6.45, 7) is 6.46. The molecule has 0 aliphatic heterocycles. The summed E-state index contributed by atoms with van der Waals surface area (Å²) >= 11 is 0. The summed E-state index contributed by atoms with van der Waals surface area (Å²) in [7, 11) is 0. The van der Waals surface area contributed by atoms with Gasteiger partial charge in [0, 0.05) is 5.92 Å². The predicted octanol–water partition coefficient (Wildman–Crippen LogP) is 6.35. The SMILES string of the molecule is C=CC1CCC(c2cc3ccc(OCCCCCC)c(F)c3c(=O)o2)CC1. The topological polar surface area (TPSA) is 39.4 Å². The lowest BCUT2D eigenvalue weighted by atomic mass is 9.81. The highest BCUT2D eigenvalue weighted by Crippen LogP contribution is 2.37. The van der Waals surface area contributed by atoms with Crippen LogP contribution < -0.4 is 10.4 Å². The lowest BCUT2D eigenvalue weighted by Gasteiger charge is -2.25. The number of ether oxygens (including phenoxy) is 1. The van der Waals surface area contributed by atoms with Crippen LogP contribution in [0.1, 0.15) is 70.0 Å². The molecule has 1 heterocycles. The molecule has 1 saturated carbocycles. The second-order valence-corrected chi connectivity index (χ2v) is 7.53. The van der Waals surface area contributed by atoms with Crippen LogP contribution in [0.4, 0.5) is 4.39 Å². The first-order valence-electron chi connectivity index (χ1n) is 10.2. The van der Waals surface area contributed by atoms with E-state index in [0.29, 0.717) is 23.7 Å². The van der Waals surface area contributed by atoms with Gasteiger partial charge in [-0.3, -0.25) is 0 Å². The molecule has 3 rings (SSSR count). The van der Waals surface area contributed by atoms with Crippen molar-refractivity contribution < 1.29 is 13.5 Å². The molecule has 0 unspecified atom stereocenters. The van der Waals surface area contributed by atoms with Crippen LogP contribution in [0, 0.1) is 11.7 Å². The highest BCUT2D eigenvalue weighted by atomic mass is 19.1. The Morgan fingerprint density at radius 2 is 2.00 bits per heavy atom. The fourth-order valence-corrected chi connectivity index (χ4v) is 3.90. The van der Waals surface area contributed by atoms with Crippen LogP contribution >= 0.6 is 0 Å². The molecule has 3 nitrogen and oxygen atoms in total. The summed E-state index contributed by atoms with van der Waals surface area (Å²) in [5.41, 5.74) is -0.609. The predicted molar refractivity (Wildman–Crippen MR) is 107 cm³/mol. The highest BCUT2D eigenvalue weighted by molar-refractivity contribution is 5.83. The van der Waals surface area contributed by atoms with Gasteiger partial charge in [0.25, 0.3) is 0 Å². The third kappa shape index (κ3) is 4.60. The highest BCUT2D eigenvalue weighted by Gasteiger charge is 2.24. The minimum atomic E-state index is -0.612. The number of rotatable bonds is 8. The second-order valence-electron chi connectivity index (χ2n) is 7.53. The van der Waals surface area contributed by atoms with Crippen LogP contribution in [0.3, 0.4) is 0 Å². The zero-order valence-electron chi connectivity index (χ0n) is 16.1. The van der Waals surface area contributed by atoms with Gasteiger partial charge in [0.2, 0.25) is 0 Å². The van der Waals surface area contributed by atoms with E-state index in [-0.39, 0.29) is 17.1 Å². The quantitative estimate of drug-likeness (QED) is 0.400. The minimum Gasteiger partial charge on any atom is -0.490 e. The maximum absolute atomic E-state index is 14.8. The van der Waals surface area contributed by atoms with Gasteiger partial charge in [-0.1, -0.05) is 38.3 Å². The molecule has 2 aromatic rings. The van der Waals surface area contributed by atoms with Crippen LogP contribution in [0.2, 0.25) is 0 Å². The monoisotopic (exact) mass is 372 g/mol. The average molecular weight is 372 g/mol. The third-order valence-corrected chi connectivity index (χ3v) is 5.61. The molecule has 1 aromatic carbocycles. The Hall–Kier alpha value is -2.10. The van der Waals surface area contributed by atoms with E-state index in [2.05, 4.69) is 13.5 Å². The van der Waals surface area contributed by atoms with E-state index in [9.17, 15) is 9.18 Å². The molecule has 1 fully saturated rings. The molecule has 0 saturated heterocycles. The third-order valence-electron chi connectivity index (χ3n) is 5.61. The van der Waals surface area contributed by atoms with E-state index in [1.54, 1.807) is 12.1 Å². The summed E-state index contributed by atoms with van der Waals surface area (Å²) in [6.07, 6.45) is 10.3. The Bertz CT molecular complexity index is 831. The van der Waals surface area contributed by atoms with Crippen LogP contribution in [0.25, 0.3) is 10.8 Å². The van der Waals surface area contributed by atoms with Crippen LogP contribution in [-0.2, 0) is 0 Å². The fraction of sp³-hybridized carbons (Fsp3) is 0.522. The molecule has 0 N–H and O–H groups in total. The minimum absolute atomic E-state index is 0.00964. The molecule has 0 radical (unpaired) electrons. The van der Waals surface area contributed by atoms with Gasteiger partial charge in [0.15, 0.2) is 11.6 Å². The lowest BCUT2D eigenvalue weighted by molar-refractivity contribution is 0.291. The summed E-state index contributed by atoms with van der Waals surface area (Å²) in [5, 5.41) is 0.576. The van der Waals surface area contributed by atoms with E-state index in [0.717, 1.165) is 51.4 Å². The molecule has 0 atom stereocenters. The van der Waals surface area contributed by atoms with Crippen molar-refractivity contribution in [2.75, 3.05) is 6.61 Å². The van der Waals surface area contributed by atoms with Crippen molar-refractivity contribution in [1.29, 1.82) is 0 Å². The Morgan fingerprint density at radius 1 is 1.22 bits per heavy atom. The zero-order valence-corrected chi connectivity index (χ0v) is 16.1. The number of unbranched alkanes of at least 4 members (excludes halogenated alkanes) is 3. The number of allylic oxidation sites excluding steroid dienone is 1. The van der Waals surface area contributed by atoms with Crippen molar-refractivity contribution >= 4 is 10.8 Å². The first kappa shape index (κ1) is 19.7. The summed E-state index contributed by atoms with van der Waals surface area (Å²) in [5.74, 6) is 0.950. The number of fused-ring (bicyclic) bond motifs is 1. The zero-order chi connectivity index (χ0) is 19.2. The Morgan fingerprint density at radius 3 is 2.70 bits per heavy atom. The van der Waals surface area contributed by atoms with Crippen molar-refractivity contribution in [2.45, 2.75) is 64.2 Å². The normalized spacial score (nSPS) is 19.9. The number of hydrogen-bond acceptors (Lipinski definition) is 3. The second kappa shape index (κ2) is 9.20. The van der Waals surface area contributed by atoms with Crippen LogP contribution in [0.15, 0.2) is 40.1 Å². The number of halogens is 1. The van der Waals surface area contributed by atoms with Gasteiger partial charge < -0.3 is 9.15 Å². The largest absolute Gasteiger partial charge is 0.490 e. The van der Waals surface area contributed by atoms with Gasteiger partial charge in [0.05, 0.1) is 6.61 Å². The van der Waals surface area contributed by atoms with Gasteiger partial charge in [-0.15, -0.1) is 6.58 Å². The molecule has 4 heteroatoms. The maximum atomic E-state index is 14.8. The number of benzene rings is 1. The smallest absolute Gasteiger partial charge is 0.346 e. The van der Waals surface area contributed by atoms with E-state index in [1.165, 1.54) is 0 Å². The summed E-state index contributed by atoms with van der Waals surface area (Å²) in [6, 6.07) is 5.20. The molecule has 0 amide bonds. The van der Waals surface area contributed by atoms with E-state index in [1.807, 2.05) is 12.1 Å². The van der Waals surface area contributed by atoms with Crippen LogP contribution in [0.5, 0.6) is 5.75 Å². The molecule has 0 bridgehead atoms. The van der Waals surface area contributed by atoms with Crippen molar-refractivity contribution in [2.24, 2.45) is 5.92 Å². The van der Waals surface area contributed by atoms with E-state index in [4.69, 9.17) is 9.15 Å². The molecule has 0 spiro atoms. The van der Waals surface area contributed by atoms with Crippen LogP contribution in [-0.4, -0.2) is 6.61 Å². The number of hydrogen-bond donors (Lipinski definition) is 0. The Kier molecular flexibility index (Phi) is 6.70. The van der Waals surface area contributed by atoms with E-state index >= 15 is 0 Å². The van der Waals surface area contributed by atoms with Gasteiger partial charge in [0.1, 0.15) is 11.1 Å². The van der Waals surface area contributed by atoms with Gasteiger partial charge in [-0.2, -0.15) is 0 Å². The van der Waals surface area contributed by atoms with Gasteiger partial charge >= 0.3 is 5.63 Å². The molecule has 1 aromatic heterocycles. The first-order chi connectivity index (χ1) is 13.1. The molecule has 1 aliphatic carbocycles. The summed E-state index contributed by atoms with van der Waals surface area (Å²) < 4.78 is 25.8. The molecule has 1 aliphatic rings. The van der Waals surface area contributed by atoms with Gasteiger partial charge in [-0.25, -0.2) is 9.18 Å². The Balaban J connectivity index is 1.77. The van der Waals surface area contributed by atoms with Crippen molar-refractivity contribution in [3.8, 4) is 5.75 Å². The standard InChI is InChI=1S/C23H29FO3/c1-3-5-6-7-14-26-19-13-12-18-15-20(27-23(25)21(18)22(19)24)17-10-8-16(4-2)9-11-17/h4,12-13,15-17H,2-3,5-11,14H2,1H3. The lowest BCUT2D eigenvalue weighted by Crippen LogP contribution is -2.14. The van der Waals surface area contributed by atoms with Gasteiger partial charge in [-0.05, 0) is 55.5 Å². The first-order valence-corrected chi connectivity index (χ1v) is 10.2. The Labute approximate surface area is 160 Å². The molecular formula is C23H29FO3.